The summed E-state index contributed by atoms with van der Waals surface area (Å²) in [5, 5.41) is 0. The third kappa shape index (κ3) is 1.70. The average Bonchev–Trinajstić information content (AvgIpc) is 2.08. The zero-order chi connectivity index (χ0) is 6.91. The molecule has 0 N–H and O–H groups in total. The first-order chi connectivity index (χ1) is 4.11. The van der Waals surface area contributed by atoms with E-state index in [0.717, 1.165) is 0 Å². The molecule has 0 nitrogen and oxygen atoms in total. The summed E-state index contributed by atoms with van der Waals surface area (Å²) in [6.45, 7) is 6.72. The van der Waals surface area contributed by atoms with Crippen molar-refractivity contribution in [3.63, 3.8) is 0 Å². The first-order valence-electron chi connectivity index (χ1n) is 3.06. The monoisotopic (exact) mass is 187 g/mol. The summed E-state index contributed by atoms with van der Waals surface area (Å²) in [7, 11) is 0. The Balaban J connectivity index is 2.90. The van der Waals surface area contributed by atoms with E-state index in [1.54, 1.807) is 0 Å². The van der Waals surface area contributed by atoms with Gasteiger partial charge < -0.3 is 0 Å². The zero-order valence-corrected chi connectivity index (χ0v) is 7.78. The summed E-state index contributed by atoms with van der Waals surface area (Å²) in [4.78, 5) is 2.22. The second-order valence-corrected chi connectivity index (χ2v) is 5.07. The fraction of sp³-hybridized carbons (Fsp3) is 0.500. The molecule has 9 heavy (non-hydrogen) atoms. The van der Waals surface area contributed by atoms with Crippen LogP contribution < -0.4 is 0 Å². The van der Waals surface area contributed by atoms with E-state index in [1.807, 2.05) is 6.07 Å². The molecule has 1 rings (SSSR count). The van der Waals surface area contributed by atoms with Gasteiger partial charge in [0.2, 0.25) is 0 Å². The molecule has 0 saturated carbocycles. The summed E-state index contributed by atoms with van der Waals surface area (Å²) >= 11 is 0.595. The molecule has 0 fully saturated rings. The molecule has 0 aliphatic carbocycles. The summed E-state index contributed by atoms with van der Waals surface area (Å²) in [5.74, 6) is 0. The van der Waals surface area contributed by atoms with Crippen LogP contribution >= 0.6 is 0 Å². The Hall–Kier alpha value is -0.000519. The molecule has 0 aromatic carbocycles. The molecule has 49 valence electrons. The van der Waals surface area contributed by atoms with E-state index >= 15 is 0 Å². The molecular weight excluding hydrogens is 175 g/mol. The molecule has 0 amide bonds. The van der Waals surface area contributed by atoms with Gasteiger partial charge in [0.1, 0.15) is 0 Å². The zero-order valence-electron chi connectivity index (χ0n) is 6.06. The Morgan fingerprint density at radius 1 is 1.44 bits per heavy atom. The van der Waals surface area contributed by atoms with Crippen molar-refractivity contribution in [2.75, 3.05) is 0 Å². The Labute approximate surface area is 62.6 Å². The van der Waals surface area contributed by atoms with E-state index in [-0.39, 0.29) is 0 Å². The predicted molar refractivity (Wildman–Crippen MR) is 40.9 cm³/mol. The fourth-order valence-electron chi connectivity index (χ4n) is 0.639. The van der Waals surface area contributed by atoms with E-state index < -0.39 is 0 Å². The first kappa shape index (κ1) is 7.11. The van der Waals surface area contributed by atoms with Crippen molar-refractivity contribution in [1.29, 1.82) is 0 Å². The standard InChI is InChI=1S/C8H11Se/c1-8(2,3)7-5-4-6-9-7/h4,6H,1-3H3. The van der Waals surface area contributed by atoms with Crippen molar-refractivity contribution in [3.05, 3.63) is 21.5 Å². The van der Waals surface area contributed by atoms with E-state index in [2.05, 4.69) is 31.8 Å². The van der Waals surface area contributed by atoms with Crippen LogP contribution in [-0.4, -0.2) is 14.5 Å². The maximum atomic E-state index is 3.26. The van der Waals surface area contributed by atoms with Crippen molar-refractivity contribution in [2.24, 2.45) is 0 Å². The second-order valence-electron chi connectivity index (χ2n) is 3.14. The minimum atomic E-state index is 0.351. The molecule has 0 aliphatic heterocycles. The molecule has 0 spiro atoms. The van der Waals surface area contributed by atoms with Gasteiger partial charge in [0.15, 0.2) is 0 Å². The van der Waals surface area contributed by atoms with Crippen molar-refractivity contribution in [3.8, 4) is 0 Å². The molecule has 1 heterocycles. The van der Waals surface area contributed by atoms with Crippen LogP contribution in [0.15, 0.2) is 11.0 Å². The third-order valence-corrected chi connectivity index (χ3v) is 3.75. The number of rotatable bonds is 0. The van der Waals surface area contributed by atoms with Gasteiger partial charge in [-0.2, -0.15) is 0 Å². The van der Waals surface area contributed by atoms with Gasteiger partial charge in [-0.1, -0.05) is 0 Å². The average molecular weight is 186 g/mol. The molecule has 0 atom stereocenters. The molecule has 1 heteroatoms. The van der Waals surface area contributed by atoms with Gasteiger partial charge in [-0.3, -0.25) is 0 Å². The molecule has 0 saturated heterocycles. The van der Waals surface area contributed by atoms with Crippen LogP contribution in [0.2, 0.25) is 0 Å². The molecular formula is C8H11Se. The van der Waals surface area contributed by atoms with Crippen LogP contribution in [0.25, 0.3) is 0 Å². The molecule has 0 unspecified atom stereocenters. The molecule has 1 aromatic heterocycles. The van der Waals surface area contributed by atoms with Crippen molar-refractivity contribution in [1.82, 2.24) is 0 Å². The Morgan fingerprint density at radius 2 is 2.11 bits per heavy atom. The minimum absolute atomic E-state index is 0.351. The van der Waals surface area contributed by atoms with E-state index in [4.69, 9.17) is 0 Å². The molecule has 0 bridgehead atoms. The summed E-state index contributed by atoms with van der Waals surface area (Å²) in [6.07, 6.45) is 0. The van der Waals surface area contributed by atoms with Gasteiger partial charge in [0.25, 0.3) is 0 Å². The first-order valence-corrected chi connectivity index (χ1v) is 4.91. The fourth-order valence-corrected chi connectivity index (χ4v) is 2.24. The molecule has 0 aliphatic rings. The van der Waals surface area contributed by atoms with Crippen molar-refractivity contribution < 1.29 is 0 Å². The van der Waals surface area contributed by atoms with E-state index in [0.29, 0.717) is 19.9 Å². The van der Waals surface area contributed by atoms with Gasteiger partial charge in [0.05, 0.1) is 0 Å². The van der Waals surface area contributed by atoms with Gasteiger partial charge >= 0.3 is 62.2 Å². The van der Waals surface area contributed by atoms with Crippen LogP contribution in [-0.2, 0) is 5.41 Å². The summed E-state index contributed by atoms with van der Waals surface area (Å²) in [6, 6.07) is 5.30. The Kier molecular flexibility index (Phi) is 1.83. The van der Waals surface area contributed by atoms with E-state index in [9.17, 15) is 0 Å². The van der Waals surface area contributed by atoms with Crippen LogP contribution in [0, 0.1) is 6.07 Å². The van der Waals surface area contributed by atoms with Crippen LogP contribution in [0.4, 0.5) is 0 Å². The summed E-state index contributed by atoms with van der Waals surface area (Å²) in [5.41, 5.74) is 0.351. The van der Waals surface area contributed by atoms with Gasteiger partial charge in [-0.15, -0.1) is 0 Å². The van der Waals surface area contributed by atoms with Crippen molar-refractivity contribution in [2.45, 2.75) is 26.2 Å². The normalized spacial score (nSPS) is 11.9. The second kappa shape index (κ2) is 2.32. The van der Waals surface area contributed by atoms with Gasteiger partial charge in [-0.05, 0) is 0 Å². The summed E-state index contributed by atoms with van der Waals surface area (Å²) < 4.78 is 1.48. The Morgan fingerprint density at radius 3 is 2.33 bits per heavy atom. The van der Waals surface area contributed by atoms with Crippen LogP contribution in [0.3, 0.4) is 0 Å². The number of hydrogen-bond acceptors (Lipinski definition) is 0. The topological polar surface area (TPSA) is 0 Å². The van der Waals surface area contributed by atoms with Crippen LogP contribution in [0.5, 0.6) is 0 Å². The predicted octanol–water partition coefficient (Wildman–Crippen LogP) is 1.84. The quantitative estimate of drug-likeness (QED) is 0.542. The molecule has 1 radical (unpaired) electrons. The Bertz CT molecular complexity index is 167. The van der Waals surface area contributed by atoms with Crippen molar-refractivity contribution >= 4 is 14.5 Å². The number of hydrogen-bond donors (Lipinski definition) is 0. The van der Waals surface area contributed by atoms with Crippen LogP contribution in [0.1, 0.15) is 25.2 Å². The SMILES string of the molecule is CC(C)(C)c1[c]cc[se]1. The maximum absolute atomic E-state index is 3.26. The van der Waals surface area contributed by atoms with Gasteiger partial charge in [0, 0.05) is 0 Å². The third-order valence-electron chi connectivity index (χ3n) is 1.15. The van der Waals surface area contributed by atoms with E-state index in [1.165, 1.54) is 4.44 Å². The molecule has 1 aromatic rings. The van der Waals surface area contributed by atoms with Gasteiger partial charge in [-0.25, -0.2) is 0 Å².